The van der Waals surface area contributed by atoms with E-state index in [0.29, 0.717) is 29.5 Å². The lowest BCUT2D eigenvalue weighted by atomic mass is 10.2. The van der Waals surface area contributed by atoms with Crippen LogP contribution in [-0.2, 0) is 10.5 Å². The zero-order valence-electron chi connectivity index (χ0n) is 11.1. The average molecular weight is 361 g/mol. The van der Waals surface area contributed by atoms with Crippen molar-refractivity contribution >= 4 is 33.6 Å². The lowest BCUT2D eigenvalue weighted by Crippen LogP contribution is -2.39. The Morgan fingerprint density at radius 2 is 2.30 bits per heavy atom. The highest BCUT2D eigenvalue weighted by molar-refractivity contribution is 9.10. The Labute approximate surface area is 131 Å². The molecule has 0 aliphatic heterocycles. The third-order valence-corrected chi connectivity index (χ3v) is 4.74. The molecule has 0 saturated heterocycles. The van der Waals surface area contributed by atoms with Gasteiger partial charge in [-0.3, -0.25) is 4.79 Å². The Balaban J connectivity index is 1.65. The molecule has 0 radical (unpaired) electrons. The second kappa shape index (κ2) is 7.43. The molecule has 1 unspecified atom stereocenters. The van der Waals surface area contributed by atoms with Crippen molar-refractivity contribution in [3.63, 3.8) is 0 Å². The van der Waals surface area contributed by atoms with Gasteiger partial charge in [0.2, 0.25) is 5.91 Å². The zero-order valence-corrected chi connectivity index (χ0v) is 13.5. The van der Waals surface area contributed by atoms with Crippen LogP contribution in [0.25, 0.3) is 0 Å². The summed E-state index contributed by atoms with van der Waals surface area (Å²) < 4.78 is 14.3. The van der Waals surface area contributed by atoms with Crippen molar-refractivity contribution in [2.45, 2.75) is 24.6 Å². The summed E-state index contributed by atoms with van der Waals surface area (Å²) in [5, 5.41) is 2.83. The number of amides is 1. The lowest BCUT2D eigenvalue weighted by Gasteiger charge is -2.11. The van der Waals surface area contributed by atoms with Crippen LogP contribution >= 0.6 is 27.7 Å². The lowest BCUT2D eigenvalue weighted by molar-refractivity contribution is -0.118. The zero-order chi connectivity index (χ0) is 14.5. The van der Waals surface area contributed by atoms with Crippen LogP contribution in [0.5, 0.6) is 0 Å². The van der Waals surface area contributed by atoms with E-state index in [1.165, 1.54) is 30.7 Å². The third kappa shape index (κ3) is 5.07. The molecule has 0 spiro atoms. The number of rotatable bonds is 7. The van der Waals surface area contributed by atoms with Crippen molar-refractivity contribution in [1.82, 2.24) is 5.32 Å². The van der Waals surface area contributed by atoms with Gasteiger partial charge in [-0.1, -0.05) is 22.0 Å². The van der Waals surface area contributed by atoms with Gasteiger partial charge in [0.15, 0.2) is 0 Å². The highest BCUT2D eigenvalue weighted by atomic mass is 79.9. The van der Waals surface area contributed by atoms with E-state index in [2.05, 4.69) is 21.2 Å². The van der Waals surface area contributed by atoms with Crippen LogP contribution in [0.2, 0.25) is 0 Å². The molecular formula is C14H18BrFN2OS. The first-order chi connectivity index (χ1) is 9.56. The maximum Gasteiger partial charge on any atom is 0.230 e. The summed E-state index contributed by atoms with van der Waals surface area (Å²) in [6.45, 7) is 0.538. The van der Waals surface area contributed by atoms with Gasteiger partial charge in [0.1, 0.15) is 5.82 Å². The molecule has 1 saturated carbocycles. The molecule has 1 aliphatic carbocycles. The summed E-state index contributed by atoms with van der Waals surface area (Å²) in [4.78, 5) is 11.6. The van der Waals surface area contributed by atoms with Gasteiger partial charge in [0, 0.05) is 22.8 Å². The molecule has 1 aromatic carbocycles. The molecule has 0 aromatic heterocycles. The Bertz CT molecular complexity index is 482. The van der Waals surface area contributed by atoms with Crippen molar-refractivity contribution in [3.05, 3.63) is 34.1 Å². The molecule has 2 rings (SSSR count). The number of hydrogen-bond donors (Lipinski definition) is 2. The van der Waals surface area contributed by atoms with E-state index < -0.39 is 0 Å². The fourth-order valence-corrected chi connectivity index (χ4v) is 3.04. The second-order valence-corrected chi connectivity index (χ2v) is 6.94. The minimum atomic E-state index is -0.247. The Morgan fingerprint density at radius 3 is 2.95 bits per heavy atom. The number of carbonyl (C=O) groups is 1. The molecule has 1 aromatic rings. The summed E-state index contributed by atoms with van der Waals surface area (Å²) >= 11 is 4.62. The van der Waals surface area contributed by atoms with Crippen LogP contribution in [0.3, 0.4) is 0 Å². The van der Waals surface area contributed by atoms with E-state index >= 15 is 0 Å². The fraction of sp³-hybridized carbons (Fsp3) is 0.500. The van der Waals surface area contributed by atoms with Crippen LogP contribution < -0.4 is 11.1 Å². The minimum absolute atomic E-state index is 0.0383. The van der Waals surface area contributed by atoms with Crippen LogP contribution in [0.1, 0.15) is 18.4 Å². The predicted molar refractivity (Wildman–Crippen MR) is 84.0 cm³/mol. The van der Waals surface area contributed by atoms with Crippen molar-refractivity contribution in [2.24, 2.45) is 11.7 Å². The summed E-state index contributed by atoms with van der Waals surface area (Å²) in [5.41, 5.74) is 6.52. The monoisotopic (exact) mass is 360 g/mol. The van der Waals surface area contributed by atoms with E-state index in [1.807, 2.05) is 0 Å². The largest absolute Gasteiger partial charge is 0.354 e. The summed E-state index contributed by atoms with van der Waals surface area (Å²) in [6, 6.07) is 5.04. The van der Waals surface area contributed by atoms with E-state index in [1.54, 1.807) is 12.1 Å². The summed E-state index contributed by atoms with van der Waals surface area (Å²) in [7, 11) is 0. The smallest absolute Gasteiger partial charge is 0.230 e. The number of nitrogens with one attached hydrogen (secondary N) is 1. The van der Waals surface area contributed by atoms with Gasteiger partial charge in [-0.05, 0) is 36.5 Å². The molecular weight excluding hydrogens is 343 g/mol. The molecule has 1 fully saturated rings. The number of thioether (sulfide) groups is 1. The highest BCUT2D eigenvalue weighted by Crippen LogP contribution is 2.31. The molecule has 6 heteroatoms. The molecule has 1 atom stereocenters. The number of hydrogen-bond acceptors (Lipinski definition) is 3. The van der Waals surface area contributed by atoms with Crippen LogP contribution in [0.15, 0.2) is 22.7 Å². The highest BCUT2D eigenvalue weighted by Gasteiger charge is 2.28. The second-order valence-electron chi connectivity index (χ2n) is 5.03. The van der Waals surface area contributed by atoms with E-state index in [0.717, 1.165) is 4.47 Å². The summed E-state index contributed by atoms with van der Waals surface area (Å²) in [6.07, 6.45) is 2.35. The molecule has 20 heavy (non-hydrogen) atoms. The first-order valence-corrected chi connectivity index (χ1v) is 8.55. The van der Waals surface area contributed by atoms with Gasteiger partial charge in [0.05, 0.1) is 5.75 Å². The van der Waals surface area contributed by atoms with Crippen molar-refractivity contribution in [3.8, 4) is 0 Å². The van der Waals surface area contributed by atoms with E-state index in [9.17, 15) is 9.18 Å². The Hall–Kier alpha value is -0.590. The number of halogens is 2. The van der Waals surface area contributed by atoms with Gasteiger partial charge in [-0.25, -0.2) is 4.39 Å². The molecule has 110 valence electrons. The van der Waals surface area contributed by atoms with Gasteiger partial charge in [-0.2, -0.15) is 0 Å². The quantitative estimate of drug-likeness (QED) is 0.785. The molecule has 1 amide bonds. The Kier molecular flexibility index (Phi) is 5.86. The fourth-order valence-electron chi connectivity index (χ4n) is 1.87. The number of benzene rings is 1. The topological polar surface area (TPSA) is 55.1 Å². The molecule has 1 aliphatic rings. The van der Waals surface area contributed by atoms with Gasteiger partial charge in [-0.15, -0.1) is 11.8 Å². The third-order valence-electron chi connectivity index (χ3n) is 3.27. The average Bonchev–Trinajstić information content (AvgIpc) is 3.23. The standard InChI is InChI=1S/C14H18BrFN2OS/c15-11-4-3-10(12(16)5-11)7-20-8-14(19)18-6-13(17)9-1-2-9/h3-5,9,13H,1-2,6-8,17H2,(H,18,19). The predicted octanol–water partition coefficient (Wildman–Crippen LogP) is 2.67. The normalized spacial score (nSPS) is 15.9. The molecule has 3 nitrogen and oxygen atoms in total. The molecule has 0 heterocycles. The van der Waals surface area contributed by atoms with E-state index in [4.69, 9.17) is 5.73 Å². The SMILES string of the molecule is NC(CNC(=O)CSCc1ccc(Br)cc1F)C1CC1. The van der Waals surface area contributed by atoms with Gasteiger partial charge >= 0.3 is 0 Å². The molecule has 3 N–H and O–H groups in total. The van der Waals surface area contributed by atoms with Crippen molar-refractivity contribution < 1.29 is 9.18 Å². The minimum Gasteiger partial charge on any atom is -0.354 e. The van der Waals surface area contributed by atoms with Crippen molar-refractivity contribution in [1.29, 1.82) is 0 Å². The first kappa shape index (κ1) is 15.8. The van der Waals surface area contributed by atoms with Gasteiger partial charge in [0.25, 0.3) is 0 Å². The van der Waals surface area contributed by atoms with Crippen molar-refractivity contribution in [2.75, 3.05) is 12.3 Å². The maximum atomic E-state index is 13.6. The van der Waals surface area contributed by atoms with Crippen LogP contribution in [0, 0.1) is 11.7 Å². The van der Waals surface area contributed by atoms with Gasteiger partial charge < -0.3 is 11.1 Å². The summed E-state index contributed by atoms with van der Waals surface area (Å²) in [5.74, 6) is 1.11. The molecule has 0 bridgehead atoms. The van der Waals surface area contributed by atoms with E-state index in [-0.39, 0.29) is 17.8 Å². The maximum absolute atomic E-state index is 13.6. The first-order valence-electron chi connectivity index (χ1n) is 6.60. The number of nitrogens with two attached hydrogens (primary N) is 1. The number of carbonyl (C=O) groups excluding carboxylic acids is 1. The Morgan fingerprint density at radius 1 is 1.55 bits per heavy atom. The van der Waals surface area contributed by atoms with Crippen LogP contribution in [0.4, 0.5) is 4.39 Å². The van der Waals surface area contributed by atoms with Crippen LogP contribution in [-0.4, -0.2) is 24.2 Å².